The number of halogens is 1. The highest BCUT2D eigenvalue weighted by Crippen LogP contribution is 2.17. The lowest BCUT2D eigenvalue weighted by atomic mass is 10.0. The van der Waals surface area contributed by atoms with Crippen molar-refractivity contribution in [2.75, 3.05) is 5.32 Å². The SMILES string of the molecule is CCc1ncnc(NC(C)C(C)CC)c1F. The molecule has 0 spiro atoms. The second kappa shape index (κ2) is 5.77. The third kappa shape index (κ3) is 2.90. The molecule has 0 amide bonds. The van der Waals surface area contributed by atoms with Gasteiger partial charge in [0.1, 0.15) is 6.33 Å². The van der Waals surface area contributed by atoms with Crippen molar-refractivity contribution in [2.45, 2.75) is 46.6 Å². The largest absolute Gasteiger partial charge is 0.365 e. The fraction of sp³-hybridized carbons (Fsp3) is 0.667. The summed E-state index contributed by atoms with van der Waals surface area (Å²) in [5.74, 6) is 0.485. The Morgan fingerprint density at radius 2 is 2.00 bits per heavy atom. The van der Waals surface area contributed by atoms with Crippen LogP contribution in [0.2, 0.25) is 0 Å². The molecule has 0 aliphatic rings. The molecule has 2 atom stereocenters. The Balaban J connectivity index is 2.81. The molecule has 0 bridgehead atoms. The van der Waals surface area contributed by atoms with Crippen LogP contribution >= 0.6 is 0 Å². The maximum absolute atomic E-state index is 13.8. The van der Waals surface area contributed by atoms with Gasteiger partial charge in [0.2, 0.25) is 0 Å². The summed E-state index contributed by atoms with van der Waals surface area (Å²) in [6.45, 7) is 8.18. The second-order valence-corrected chi connectivity index (χ2v) is 4.16. The Morgan fingerprint density at radius 1 is 1.31 bits per heavy atom. The molecule has 0 fully saturated rings. The Morgan fingerprint density at radius 3 is 2.56 bits per heavy atom. The van der Waals surface area contributed by atoms with Crippen LogP contribution in [0.1, 0.15) is 39.8 Å². The summed E-state index contributed by atoms with van der Waals surface area (Å²) in [6.07, 6.45) is 3.05. The van der Waals surface area contributed by atoms with Crippen LogP contribution in [0.25, 0.3) is 0 Å². The number of hydrogen-bond donors (Lipinski definition) is 1. The molecule has 16 heavy (non-hydrogen) atoms. The molecule has 0 saturated carbocycles. The van der Waals surface area contributed by atoms with Crippen molar-refractivity contribution in [1.82, 2.24) is 9.97 Å². The highest BCUT2D eigenvalue weighted by atomic mass is 19.1. The van der Waals surface area contributed by atoms with Gasteiger partial charge in [-0.05, 0) is 19.3 Å². The van der Waals surface area contributed by atoms with Crippen LogP contribution < -0.4 is 5.32 Å². The van der Waals surface area contributed by atoms with Gasteiger partial charge >= 0.3 is 0 Å². The minimum atomic E-state index is -0.319. The molecule has 0 aliphatic heterocycles. The van der Waals surface area contributed by atoms with Gasteiger partial charge in [0, 0.05) is 6.04 Å². The molecule has 1 aromatic heterocycles. The number of rotatable bonds is 5. The molecule has 90 valence electrons. The quantitative estimate of drug-likeness (QED) is 0.837. The van der Waals surface area contributed by atoms with Gasteiger partial charge in [-0.25, -0.2) is 14.4 Å². The third-order valence-corrected chi connectivity index (χ3v) is 3.06. The maximum Gasteiger partial charge on any atom is 0.186 e. The zero-order valence-electron chi connectivity index (χ0n) is 10.4. The lowest BCUT2D eigenvalue weighted by Gasteiger charge is -2.20. The van der Waals surface area contributed by atoms with E-state index in [4.69, 9.17) is 0 Å². The molecule has 4 heteroatoms. The first-order chi connectivity index (χ1) is 7.60. The fourth-order valence-corrected chi connectivity index (χ4v) is 1.46. The van der Waals surface area contributed by atoms with E-state index >= 15 is 0 Å². The molecule has 1 N–H and O–H groups in total. The molecule has 0 aliphatic carbocycles. The van der Waals surface area contributed by atoms with Gasteiger partial charge in [0.25, 0.3) is 0 Å². The number of hydrogen-bond acceptors (Lipinski definition) is 3. The van der Waals surface area contributed by atoms with Gasteiger partial charge in [-0.2, -0.15) is 0 Å². The van der Waals surface area contributed by atoms with Crippen molar-refractivity contribution in [3.8, 4) is 0 Å². The number of nitrogens with zero attached hydrogens (tertiary/aromatic N) is 2. The Kier molecular flexibility index (Phi) is 4.65. The predicted octanol–water partition coefficient (Wildman–Crippen LogP) is 3.02. The van der Waals surface area contributed by atoms with Crippen molar-refractivity contribution < 1.29 is 4.39 Å². The maximum atomic E-state index is 13.8. The van der Waals surface area contributed by atoms with E-state index in [2.05, 4.69) is 29.1 Å². The number of nitrogens with one attached hydrogen (secondary N) is 1. The molecule has 3 nitrogen and oxygen atoms in total. The summed E-state index contributed by atoms with van der Waals surface area (Å²) in [7, 11) is 0. The first kappa shape index (κ1) is 12.9. The zero-order chi connectivity index (χ0) is 12.1. The van der Waals surface area contributed by atoms with E-state index in [0.717, 1.165) is 6.42 Å². The van der Waals surface area contributed by atoms with Crippen LogP contribution in [0.5, 0.6) is 0 Å². The van der Waals surface area contributed by atoms with Crippen LogP contribution in [0.4, 0.5) is 10.2 Å². The first-order valence-corrected chi connectivity index (χ1v) is 5.86. The lowest BCUT2D eigenvalue weighted by molar-refractivity contribution is 0.488. The fourth-order valence-electron chi connectivity index (χ4n) is 1.46. The molecular weight excluding hydrogens is 205 g/mol. The molecular formula is C12H20FN3. The average molecular weight is 225 g/mol. The van der Waals surface area contributed by atoms with Crippen molar-refractivity contribution in [3.05, 3.63) is 17.8 Å². The normalized spacial score (nSPS) is 14.6. The number of anilines is 1. The molecule has 1 heterocycles. The molecule has 1 rings (SSSR count). The van der Waals surface area contributed by atoms with E-state index in [9.17, 15) is 4.39 Å². The van der Waals surface area contributed by atoms with Crippen molar-refractivity contribution in [3.63, 3.8) is 0 Å². The Labute approximate surface area is 96.5 Å². The van der Waals surface area contributed by atoms with Crippen LogP contribution in [-0.4, -0.2) is 16.0 Å². The van der Waals surface area contributed by atoms with Crippen molar-refractivity contribution in [1.29, 1.82) is 0 Å². The lowest BCUT2D eigenvalue weighted by Crippen LogP contribution is -2.24. The monoisotopic (exact) mass is 225 g/mol. The molecule has 0 radical (unpaired) electrons. The zero-order valence-corrected chi connectivity index (χ0v) is 10.4. The summed E-state index contributed by atoms with van der Waals surface area (Å²) in [5.41, 5.74) is 0.467. The highest BCUT2D eigenvalue weighted by Gasteiger charge is 2.15. The van der Waals surface area contributed by atoms with E-state index in [1.165, 1.54) is 6.33 Å². The minimum absolute atomic E-state index is 0.208. The molecule has 0 saturated heterocycles. The van der Waals surface area contributed by atoms with Gasteiger partial charge in [-0.1, -0.05) is 27.2 Å². The van der Waals surface area contributed by atoms with Crippen LogP contribution in [-0.2, 0) is 6.42 Å². The Bertz CT molecular complexity index is 341. The van der Waals surface area contributed by atoms with Gasteiger partial charge in [0.05, 0.1) is 5.69 Å². The molecule has 0 aromatic carbocycles. The van der Waals surface area contributed by atoms with E-state index in [0.29, 0.717) is 23.9 Å². The number of aryl methyl sites for hydroxylation is 1. The smallest absolute Gasteiger partial charge is 0.186 e. The summed E-state index contributed by atoms with van der Waals surface area (Å²) < 4.78 is 13.8. The van der Waals surface area contributed by atoms with Gasteiger partial charge in [-0.3, -0.25) is 0 Å². The second-order valence-electron chi connectivity index (χ2n) is 4.16. The topological polar surface area (TPSA) is 37.8 Å². The van der Waals surface area contributed by atoms with E-state index in [1.807, 2.05) is 13.8 Å². The van der Waals surface area contributed by atoms with E-state index in [1.54, 1.807) is 0 Å². The summed E-state index contributed by atoms with van der Waals surface area (Å²) in [6, 6.07) is 0.208. The predicted molar refractivity (Wildman–Crippen MR) is 63.9 cm³/mol. The van der Waals surface area contributed by atoms with E-state index < -0.39 is 0 Å². The summed E-state index contributed by atoms with van der Waals surface area (Å²) in [5, 5.41) is 3.11. The minimum Gasteiger partial charge on any atom is -0.365 e. The summed E-state index contributed by atoms with van der Waals surface area (Å²) >= 11 is 0. The molecule has 1 aromatic rings. The van der Waals surface area contributed by atoms with Gasteiger partial charge < -0.3 is 5.32 Å². The molecule has 2 unspecified atom stereocenters. The third-order valence-electron chi connectivity index (χ3n) is 3.06. The first-order valence-electron chi connectivity index (χ1n) is 5.86. The van der Waals surface area contributed by atoms with Crippen LogP contribution in [0.3, 0.4) is 0 Å². The number of aromatic nitrogens is 2. The van der Waals surface area contributed by atoms with E-state index in [-0.39, 0.29) is 11.9 Å². The van der Waals surface area contributed by atoms with Crippen LogP contribution in [0, 0.1) is 11.7 Å². The van der Waals surface area contributed by atoms with Crippen LogP contribution in [0.15, 0.2) is 6.33 Å². The van der Waals surface area contributed by atoms with Gasteiger partial charge in [-0.15, -0.1) is 0 Å². The Hall–Kier alpha value is -1.19. The van der Waals surface area contributed by atoms with Crippen molar-refractivity contribution in [2.24, 2.45) is 5.92 Å². The van der Waals surface area contributed by atoms with Gasteiger partial charge in [0.15, 0.2) is 11.6 Å². The average Bonchev–Trinajstić information content (AvgIpc) is 2.30. The van der Waals surface area contributed by atoms with Crippen molar-refractivity contribution >= 4 is 5.82 Å². The summed E-state index contributed by atoms with van der Waals surface area (Å²) in [4.78, 5) is 7.85. The standard InChI is InChI=1S/C12H20FN3/c1-5-8(3)9(4)16-12-11(13)10(6-2)14-7-15-12/h7-9H,5-6H2,1-4H3,(H,14,15,16). The highest BCUT2D eigenvalue weighted by molar-refractivity contribution is 5.38.